The molecule has 0 atom stereocenters. The summed E-state index contributed by atoms with van der Waals surface area (Å²) in [4.78, 5) is 39.4. The molecule has 10 heteroatoms. The summed E-state index contributed by atoms with van der Waals surface area (Å²) < 4.78 is 0. The molecule has 1 aromatic heterocycles. The Morgan fingerprint density at radius 1 is 1.03 bits per heavy atom. The van der Waals surface area contributed by atoms with Gasteiger partial charge in [-0.05, 0) is 24.3 Å². The van der Waals surface area contributed by atoms with Crippen molar-refractivity contribution in [3.05, 3.63) is 83.8 Å². The molecule has 0 bridgehead atoms. The first-order valence-electron chi connectivity index (χ1n) is 10.2. The van der Waals surface area contributed by atoms with Gasteiger partial charge >= 0.3 is 11.4 Å². The first-order valence-corrected chi connectivity index (χ1v) is 10.2. The van der Waals surface area contributed by atoms with Crippen LogP contribution in [0.4, 0.5) is 11.4 Å². The molecule has 1 fully saturated rings. The van der Waals surface area contributed by atoms with Crippen LogP contribution in [0.3, 0.4) is 0 Å². The zero-order valence-corrected chi connectivity index (χ0v) is 17.0. The fraction of sp³-hybridized carbons (Fsp3) is 0.273. The van der Waals surface area contributed by atoms with Crippen LogP contribution in [0.5, 0.6) is 0 Å². The molecule has 1 aliphatic rings. The summed E-state index contributed by atoms with van der Waals surface area (Å²) in [6, 6.07) is 9.32. The predicted molar refractivity (Wildman–Crippen MR) is 118 cm³/mol. The number of nitrogens with zero attached hydrogens (tertiary/aromatic N) is 3. The number of nitro benzene ring substituents is 2. The molecule has 2 aromatic carbocycles. The van der Waals surface area contributed by atoms with E-state index in [0.717, 1.165) is 25.0 Å². The molecule has 1 heterocycles. The van der Waals surface area contributed by atoms with Crippen LogP contribution in [-0.2, 0) is 0 Å². The summed E-state index contributed by atoms with van der Waals surface area (Å²) in [5.41, 5.74) is -0.643. The van der Waals surface area contributed by atoms with Crippen molar-refractivity contribution in [3.63, 3.8) is 0 Å². The molecule has 32 heavy (non-hydrogen) atoms. The summed E-state index contributed by atoms with van der Waals surface area (Å²) in [7, 11) is 0. The lowest BCUT2D eigenvalue weighted by atomic mass is 9.84. The molecule has 0 radical (unpaired) electrons. The fourth-order valence-corrected chi connectivity index (χ4v) is 4.09. The highest BCUT2D eigenvalue weighted by Crippen LogP contribution is 2.33. The highest BCUT2D eigenvalue weighted by Gasteiger charge is 2.26. The zero-order chi connectivity index (χ0) is 22.8. The second kappa shape index (κ2) is 8.58. The second-order valence-electron chi connectivity index (χ2n) is 7.81. The molecule has 1 aliphatic carbocycles. The average molecular weight is 436 g/mol. The lowest BCUT2D eigenvalue weighted by molar-refractivity contribution is -0.422. The summed E-state index contributed by atoms with van der Waals surface area (Å²) in [6.45, 7) is 0. The van der Waals surface area contributed by atoms with Gasteiger partial charge in [-0.25, -0.2) is 4.98 Å². The number of benzene rings is 2. The number of rotatable bonds is 5. The third-order valence-electron chi connectivity index (χ3n) is 5.76. The van der Waals surface area contributed by atoms with Gasteiger partial charge in [0.05, 0.1) is 26.9 Å². The topological polar surface area (TPSA) is 152 Å². The number of aromatic amines is 1. The molecule has 0 spiro atoms. The average Bonchev–Trinajstić information content (AvgIpc) is 2.79. The quantitative estimate of drug-likeness (QED) is 0.329. The van der Waals surface area contributed by atoms with Crippen LogP contribution >= 0.6 is 0 Å². The van der Waals surface area contributed by atoms with Gasteiger partial charge in [-0.1, -0.05) is 43.5 Å². The number of nitro groups is 2. The maximum atomic E-state index is 12.4. The molecule has 1 saturated carbocycles. The summed E-state index contributed by atoms with van der Waals surface area (Å²) in [6.07, 6.45) is 7.18. The van der Waals surface area contributed by atoms with E-state index in [4.69, 9.17) is 0 Å². The Labute approximate surface area is 181 Å². The molecule has 4 rings (SSSR count). The second-order valence-corrected chi connectivity index (χ2v) is 7.81. The van der Waals surface area contributed by atoms with Gasteiger partial charge in [0.1, 0.15) is 11.5 Å². The predicted octanol–water partition coefficient (Wildman–Crippen LogP) is 4.84. The van der Waals surface area contributed by atoms with Gasteiger partial charge in [-0.3, -0.25) is 25.0 Å². The number of nitrogens with one attached hydrogen (secondary N) is 1. The monoisotopic (exact) mass is 436 g/mol. The van der Waals surface area contributed by atoms with E-state index in [1.807, 2.05) is 12.1 Å². The van der Waals surface area contributed by atoms with E-state index < -0.39 is 26.8 Å². The first-order chi connectivity index (χ1) is 15.3. The highest BCUT2D eigenvalue weighted by atomic mass is 16.6. The van der Waals surface area contributed by atoms with Gasteiger partial charge in [0.25, 0.3) is 5.56 Å². The number of H-pyrrole nitrogens is 1. The first kappa shape index (κ1) is 21.2. The summed E-state index contributed by atoms with van der Waals surface area (Å²) in [5.74, 6) is 0.336. The molecule has 0 amide bonds. The Balaban J connectivity index is 1.68. The molecule has 3 aromatic rings. The van der Waals surface area contributed by atoms with Crippen LogP contribution in [0.15, 0.2) is 41.2 Å². The molecule has 0 unspecified atom stereocenters. The molecule has 0 saturated heterocycles. The molecule has 2 N–H and O–H groups in total. The largest absolute Gasteiger partial charge is 0.507 e. The Hall–Kier alpha value is -4.08. The van der Waals surface area contributed by atoms with Crippen LogP contribution in [0.1, 0.15) is 54.8 Å². The molecular formula is C22H20N4O6. The van der Waals surface area contributed by atoms with Crippen molar-refractivity contribution in [1.29, 1.82) is 0 Å². The SMILES string of the molecule is O=c1[nH]c2cc([N+](=O)[O-])c([N+](=O)[O-])cc2nc1C=C(O)c1ccc(C2CCCCC2)cc1. The van der Waals surface area contributed by atoms with Crippen molar-refractivity contribution >= 4 is 34.2 Å². The molecule has 164 valence electrons. The van der Waals surface area contributed by atoms with Crippen molar-refractivity contribution in [1.82, 2.24) is 9.97 Å². The van der Waals surface area contributed by atoms with Crippen LogP contribution in [-0.4, -0.2) is 24.9 Å². The minimum Gasteiger partial charge on any atom is -0.507 e. The van der Waals surface area contributed by atoms with E-state index in [1.54, 1.807) is 12.1 Å². The van der Waals surface area contributed by atoms with E-state index in [1.165, 1.54) is 30.9 Å². The van der Waals surface area contributed by atoms with Crippen LogP contribution in [0.25, 0.3) is 22.9 Å². The van der Waals surface area contributed by atoms with Crippen molar-refractivity contribution in [3.8, 4) is 0 Å². The summed E-state index contributed by atoms with van der Waals surface area (Å²) >= 11 is 0. The number of aliphatic hydroxyl groups is 1. The van der Waals surface area contributed by atoms with Gasteiger partial charge in [-0.15, -0.1) is 0 Å². The maximum absolute atomic E-state index is 12.4. The van der Waals surface area contributed by atoms with Gasteiger partial charge in [0.2, 0.25) is 0 Å². The van der Waals surface area contributed by atoms with Crippen LogP contribution < -0.4 is 5.56 Å². The third kappa shape index (κ3) is 4.20. The number of aromatic nitrogens is 2. The van der Waals surface area contributed by atoms with E-state index in [-0.39, 0.29) is 22.5 Å². The van der Waals surface area contributed by atoms with Gasteiger partial charge in [-0.2, -0.15) is 0 Å². The number of hydrogen-bond acceptors (Lipinski definition) is 7. The number of aliphatic hydroxyl groups excluding tert-OH is 1. The normalized spacial score (nSPS) is 15.1. The van der Waals surface area contributed by atoms with Crippen molar-refractivity contribution < 1.29 is 15.0 Å². The third-order valence-corrected chi connectivity index (χ3v) is 5.76. The van der Waals surface area contributed by atoms with Crippen LogP contribution in [0.2, 0.25) is 0 Å². The minimum atomic E-state index is -0.896. The van der Waals surface area contributed by atoms with E-state index in [0.29, 0.717) is 11.5 Å². The van der Waals surface area contributed by atoms with E-state index in [9.17, 15) is 30.1 Å². The lowest BCUT2D eigenvalue weighted by Gasteiger charge is -2.22. The number of hydrogen-bond donors (Lipinski definition) is 2. The molecule has 0 aliphatic heterocycles. The highest BCUT2D eigenvalue weighted by molar-refractivity contribution is 5.84. The Morgan fingerprint density at radius 2 is 1.66 bits per heavy atom. The standard InChI is InChI=1S/C22H20N4O6/c27-21(15-8-6-14(7-9-15)13-4-2-1-3-5-13)12-18-22(28)24-17-11-20(26(31)32)19(25(29)30)10-16(17)23-18/h6-13,27H,1-5H2,(H,24,28). The van der Waals surface area contributed by atoms with Crippen molar-refractivity contribution in [2.75, 3.05) is 0 Å². The van der Waals surface area contributed by atoms with E-state index >= 15 is 0 Å². The Bertz CT molecular complexity index is 1290. The lowest BCUT2D eigenvalue weighted by Crippen LogP contribution is -2.12. The Kier molecular flexibility index (Phi) is 5.67. The van der Waals surface area contributed by atoms with Gasteiger partial charge in [0.15, 0.2) is 0 Å². The minimum absolute atomic E-state index is 0.00593. The number of fused-ring (bicyclic) bond motifs is 1. The van der Waals surface area contributed by atoms with Gasteiger partial charge in [0, 0.05) is 17.7 Å². The fourth-order valence-electron chi connectivity index (χ4n) is 4.09. The van der Waals surface area contributed by atoms with Gasteiger partial charge < -0.3 is 10.1 Å². The molecular weight excluding hydrogens is 416 g/mol. The Morgan fingerprint density at radius 3 is 2.28 bits per heavy atom. The smallest absolute Gasteiger partial charge is 0.348 e. The van der Waals surface area contributed by atoms with E-state index in [2.05, 4.69) is 9.97 Å². The van der Waals surface area contributed by atoms with Crippen molar-refractivity contribution in [2.24, 2.45) is 0 Å². The molecule has 10 nitrogen and oxygen atoms in total. The maximum Gasteiger partial charge on any atom is 0.348 e. The summed E-state index contributed by atoms with van der Waals surface area (Å²) in [5, 5.41) is 32.8. The van der Waals surface area contributed by atoms with Crippen molar-refractivity contribution in [2.45, 2.75) is 38.0 Å². The zero-order valence-electron chi connectivity index (χ0n) is 17.0. The van der Waals surface area contributed by atoms with Crippen LogP contribution in [0, 0.1) is 20.2 Å².